The van der Waals surface area contributed by atoms with Crippen molar-refractivity contribution in [1.29, 1.82) is 0 Å². The molecule has 7 heteroatoms. The van der Waals surface area contributed by atoms with Crippen molar-refractivity contribution in [3.63, 3.8) is 0 Å². The number of non-ortho nitro benzene ring substituents is 1. The third kappa shape index (κ3) is 3.24. The third-order valence-electron chi connectivity index (χ3n) is 2.53. The third-order valence-corrected chi connectivity index (χ3v) is 4.45. The number of rotatable bonds is 5. The molecule has 2 rings (SSSR count). The summed E-state index contributed by atoms with van der Waals surface area (Å²) in [5.41, 5.74) is 0.744. The summed E-state index contributed by atoms with van der Waals surface area (Å²) in [5, 5.41) is 15.9. The van der Waals surface area contributed by atoms with Crippen LogP contribution in [0.5, 0.6) is 5.75 Å². The van der Waals surface area contributed by atoms with Gasteiger partial charge in [0.25, 0.3) is 5.69 Å². The summed E-state index contributed by atoms with van der Waals surface area (Å²) in [6, 6.07) is 6.49. The lowest BCUT2D eigenvalue weighted by Crippen LogP contribution is -2.01. The Morgan fingerprint density at radius 2 is 2.26 bits per heavy atom. The summed E-state index contributed by atoms with van der Waals surface area (Å²) < 4.78 is 6.21. The number of benzene rings is 1. The van der Waals surface area contributed by atoms with Gasteiger partial charge in [-0.05, 0) is 33.4 Å². The Hall–Kier alpha value is -1.60. The number of nitrogens with zero attached hydrogens (tertiary/aromatic N) is 1. The number of methoxy groups -OCH3 is 1. The second-order valence-corrected chi connectivity index (χ2v) is 5.54. The zero-order chi connectivity index (χ0) is 13.8. The molecule has 0 amide bonds. The van der Waals surface area contributed by atoms with Crippen molar-refractivity contribution in [3.05, 3.63) is 49.1 Å². The Morgan fingerprint density at radius 3 is 2.84 bits per heavy atom. The van der Waals surface area contributed by atoms with E-state index >= 15 is 0 Å². The number of ether oxygens (including phenoxy) is 1. The van der Waals surface area contributed by atoms with Crippen LogP contribution in [0.3, 0.4) is 0 Å². The molecule has 1 N–H and O–H groups in total. The van der Waals surface area contributed by atoms with Crippen LogP contribution in [0.2, 0.25) is 0 Å². The Kier molecular flexibility index (Phi) is 4.39. The molecule has 2 aromatic rings. The molecule has 5 nitrogen and oxygen atoms in total. The van der Waals surface area contributed by atoms with Crippen molar-refractivity contribution in [1.82, 2.24) is 0 Å². The fraction of sp³-hybridized carbons (Fsp3) is 0.167. The highest BCUT2D eigenvalue weighted by molar-refractivity contribution is 9.10. The van der Waals surface area contributed by atoms with Gasteiger partial charge in [-0.2, -0.15) is 0 Å². The van der Waals surface area contributed by atoms with Crippen LogP contribution in [0, 0.1) is 10.1 Å². The average Bonchev–Trinajstić information content (AvgIpc) is 2.81. The topological polar surface area (TPSA) is 64.4 Å². The maximum absolute atomic E-state index is 10.7. The van der Waals surface area contributed by atoms with E-state index in [0.717, 1.165) is 15.0 Å². The molecule has 1 aromatic heterocycles. The Balaban J connectivity index is 2.16. The van der Waals surface area contributed by atoms with E-state index in [1.807, 2.05) is 11.4 Å². The fourth-order valence-corrected chi connectivity index (χ4v) is 3.00. The second-order valence-electron chi connectivity index (χ2n) is 3.69. The first-order chi connectivity index (χ1) is 9.11. The van der Waals surface area contributed by atoms with E-state index in [-0.39, 0.29) is 5.69 Å². The van der Waals surface area contributed by atoms with Crippen LogP contribution in [-0.2, 0) is 6.54 Å². The first-order valence-corrected chi connectivity index (χ1v) is 7.07. The van der Waals surface area contributed by atoms with Crippen molar-refractivity contribution < 1.29 is 9.66 Å². The lowest BCUT2D eigenvalue weighted by atomic mass is 10.2. The highest BCUT2D eigenvalue weighted by atomic mass is 79.9. The highest BCUT2D eigenvalue weighted by Crippen LogP contribution is 2.30. The number of nitrogens with one attached hydrogen (secondary N) is 1. The SMILES string of the molecule is COc1cc([N+](=O)[O-])ccc1NCc1sccc1Br. The molecule has 0 aliphatic rings. The van der Waals surface area contributed by atoms with Gasteiger partial charge in [-0.1, -0.05) is 0 Å². The summed E-state index contributed by atoms with van der Waals surface area (Å²) >= 11 is 5.09. The number of anilines is 1. The van der Waals surface area contributed by atoms with E-state index in [4.69, 9.17) is 4.74 Å². The molecule has 1 heterocycles. The molecule has 0 saturated carbocycles. The molecular weight excluding hydrogens is 332 g/mol. The number of nitro benzene ring substituents is 1. The second kappa shape index (κ2) is 6.03. The molecule has 1 aromatic carbocycles. The van der Waals surface area contributed by atoms with Gasteiger partial charge in [-0.15, -0.1) is 11.3 Å². The van der Waals surface area contributed by atoms with E-state index in [2.05, 4.69) is 21.2 Å². The van der Waals surface area contributed by atoms with E-state index in [1.54, 1.807) is 17.4 Å². The molecule has 0 bridgehead atoms. The molecule has 0 unspecified atom stereocenters. The number of nitro groups is 1. The normalized spacial score (nSPS) is 10.2. The number of thiophene rings is 1. The van der Waals surface area contributed by atoms with Gasteiger partial charge in [0.1, 0.15) is 5.75 Å². The molecule has 19 heavy (non-hydrogen) atoms. The summed E-state index contributed by atoms with van der Waals surface area (Å²) in [6.07, 6.45) is 0. The summed E-state index contributed by atoms with van der Waals surface area (Å²) in [6.45, 7) is 0.631. The molecule has 100 valence electrons. The number of hydrogen-bond acceptors (Lipinski definition) is 5. The summed E-state index contributed by atoms with van der Waals surface area (Å²) in [4.78, 5) is 11.4. The van der Waals surface area contributed by atoms with Crippen molar-refractivity contribution >= 4 is 38.6 Å². The van der Waals surface area contributed by atoms with Gasteiger partial charge in [0.05, 0.1) is 30.3 Å². The van der Waals surface area contributed by atoms with Crippen LogP contribution < -0.4 is 10.1 Å². The molecule has 0 spiro atoms. The Labute approximate surface area is 122 Å². The van der Waals surface area contributed by atoms with Crippen LogP contribution in [0.15, 0.2) is 34.1 Å². The minimum absolute atomic E-state index is 0.0136. The fourth-order valence-electron chi connectivity index (χ4n) is 1.57. The molecule has 0 atom stereocenters. The molecular formula is C12H11BrN2O3S. The molecule has 0 fully saturated rings. The van der Waals surface area contributed by atoms with Crippen molar-refractivity contribution in [2.24, 2.45) is 0 Å². The van der Waals surface area contributed by atoms with Gasteiger partial charge in [-0.25, -0.2) is 0 Å². The van der Waals surface area contributed by atoms with Gasteiger partial charge in [0.2, 0.25) is 0 Å². The molecule has 0 aliphatic carbocycles. The first kappa shape index (κ1) is 13.8. The maximum atomic E-state index is 10.7. The van der Waals surface area contributed by atoms with Crippen LogP contribution in [0.25, 0.3) is 0 Å². The predicted molar refractivity (Wildman–Crippen MR) is 79.0 cm³/mol. The standard InChI is InChI=1S/C12H11BrN2O3S/c1-18-11-6-8(15(16)17)2-3-10(11)14-7-12-9(13)4-5-19-12/h2-6,14H,7H2,1H3. The Morgan fingerprint density at radius 1 is 1.47 bits per heavy atom. The molecule has 0 aliphatic heterocycles. The van der Waals surface area contributed by atoms with E-state index in [1.165, 1.54) is 19.2 Å². The Bertz CT molecular complexity index is 600. The van der Waals surface area contributed by atoms with E-state index in [0.29, 0.717) is 12.3 Å². The zero-order valence-electron chi connectivity index (χ0n) is 10.1. The lowest BCUT2D eigenvalue weighted by Gasteiger charge is -2.10. The largest absolute Gasteiger partial charge is 0.494 e. The highest BCUT2D eigenvalue weighted by Gasteiger charge is 2.11. The van der Waals surface area contributed by atoms with E-state index in [9.17, 15) is 10.1 Å². The monoisotopic (exact) mass is 342 g/mol. The van der Waals surface area contributed by atoms with E-state index < -0.39 is 4.92 Å². The number of hydrogen-bond donors (Lipinski definition) is 1. The molecule has 0 radical (unpaired) electrons. The number of halogens is 1. The minimum atomic E-state index is -0.442. The van der Waals surface area contributed by atoms with Crippen LogP contribution in [-0.4, -0.2) is 12.0 Å². The smallest absolute Gasteiger partial charge is 0.273 e. The zero-order valence-corrected chi connectivity index (χ0v) is 12.5. The van der Waals surface area contributed by atoms with Gasteiger partial charge in [0.15, 0.2) is 0 Å². The minimum Gasteiger partial charge on any atom is -0.494 e. The van der Waals surface area contributed by atoms with Gasteiger partial charge in [0, 0.05) is 15.4 Å². The lowest BCUT2D eigenvalue weighted by molar-refractivity contribution is -0.384. The predicted octanol–water partition coefficient (Wildman–Crippen LogP) is 4.04. The van der Waals surface area contributed by atoms with Crippen molar-refractivity contribution in [2.45, 2.75) is 6.54 Å². The molecule has 0 saturated heterocycles. The van der Waals surface area contributed by atoms with Crippen LogP contribution in [0.4, 0.5) is 11.4 Å². The van der Waals surface area contributed by atoms with Gasteiger partial charge >= 0.3 is 0 Å². The first-order valence-electron chi connectivity index (χ1n) is 5.40. The quantitative estimate of drug-likeness (QED) is 0.657. The maximum Gasteiger partial charge on any atom is 0.273 e. The van der Waals surface area contributed by atoms with Crippen LogP contribution >= 0.6 is 27.3 Å². The summed E-state index contributed by atoms with van der Waals surface area (Å²) in [5.74, 6) is 0.460. The van der Waals surface area contributed by atoms with Crippen molar-refractivity contribution in [3.8, 4) is 5.75 Å². The summed E-state index contributed by atoms with van der Waals surface area (Å²) in [7, 11) is 1.49. The van der Waals surface area contributed by atoms with Gasteiger partial charge < -0.3 is 10.1 Å². The average molecular weight is 343 g/mol. The van der Waals surface area contributed by atoms with Gasteiger partial charge in [-0.3, -0.25) is 10.1 Å². The van der Waals surface area contributed by atoms with Crippen LogP contribution in [0.1, 0.15) is 4.88 Å². The van der Waals surface area contributed by atoms with Crippen molar-refractivity contribution in [2.75, 3.05) is 12.4 Å².